The molecular formula is C21H28ClNO2. The number of rotatable bonds is 2. The molecule has 1 aromatic heterocycles. The van der Waals surface area contributed by atoms with E-state index >= 15 is 0 Å². The SMILES string of the molecule is CC.COC1=CC(c2ccc3c(n2)C(C)CC(C)(Cl)C3=O)=CCCC1. The molecule has 0 aliphatic heterocycles. The monoisotopic (exact) mass is 361 g/mol. The molecule has 1 heterocycles. The van der Waals surface area contributed by atoms with Crippen molar-refractivity contribution in [3.8, 4) is 0 Å². The topological polar surface area (TPSA) is 39.2 Å². The number of nitrogens with zero attached hydrogens (tertiary/aromatic N) is 1. The first kappa shape index (κ1) is 19.7. The van der Waals surface area contributed by atoms with E-state index in [0.717, 1.165) is 42.0 Å². The second-order valence-corrected chi connectivity index (χ2v) is 7.46. The Hall–Kier alpha value is -1.61. The molecule has 0 fully saturated rings. The van der Waals surface area contributed by atoms with Gasteiger partial charge in [0.1, 0.15) is 4.87 Å². The highest BCUT2D eigenvalue weighted by Gasteiger charge is 2.40. The fourth-order valence-corrected chi connectivity index (χ4v) is 3.76. The van der Waals surface area contributed by atoms with E-state index in [4.69, 9.17) is 21.3 Å². The summed E-state index contributed by atoms with van der Waals surface area (Å²) in [6, 6.07) is 3.80. The van der Waals surface area contributed by atoms with E-state index in [1.165, 1.54) is 0 Å². The molecule has 1 aromatic rings. The first-order chi connectivity index (χ1) is 11.9. The molecule has 0 N–H and O–H groups in total. The maximum absolute atomic E-state index is 12.5. The van der Waals surface area contributed by atoms with Crippen molar-refractivity contribution in [3.63, 3.8) is 0 Å². The Morgan fingerprint density at radius 1 is 1.32 bits per heavy atom. The van der Waals surface area contributed by atoms with Crippen LogP contribution in [0.1, 0.15) is 81.0 Å². The molecule has 25 heavy (non-hydrogen) atoms. The minimum absolute atomic E-state index is 0.0192. The summed E-state index contributed by atoms with van der Waals surface area (Å²) >= 11 is 6.38. The van der Waals surface area contributed by atoms with Gasteiger partial charge in [0.15, 0.2) is 5.78 Å². The molecule has 0 bridgehead atoms. The fourth-order valence-electron chi connectivity index (χ4n) is 3.43. The summed E-state index contributed by atoms with van der Waals surface area (Å²) in [7, 11) is 1.71. The Bertz CT molecular complexity index is 704. The first-order valence-electron chi connectivity index (χ1n) is 9.12. The van der Waals surface area contributed by atoms with E-state index in [0.29, 0.717) is 12.0 Å². The van der Waals surface area contributed by atoms with Crippen molar-refractivity contribution in [3.05, 3.63) is 47.0 Å². The number of Topliss-reactive ketones (excluding diaryl/α,β-unsaturated/α-hetero) is 1. The van der Waals surface area contributed by atoms with E-state index in [1.807, 2.05) is 26.0 Å². The lowest BCUT2D eigenvalue weighted by Gasteiger charge is -2.31. The number of ether oxygens (including phenoxy) is 1. The summed E-state index contributed by atoms with van der Waals surface area (Å²) in [6.45, 7) is 7.88. The number of hydrogen-bond donors (Lipinski definition) is 0. The third-order valence-corrected chi connectivity index (χ3v) is 4.99. The average molecular weight is 362 g/mol. The van der Waals surface area contributed by atoms with Crippen LogP contribution in [0.4, 0.5) is 0 Å². The van der Waals surface area contributed by atoms with Gasteiger partial charge in [0.2, 0.25) is 0 Å². The van der Waals surface area contributed by atoms with Gasteiger partial charge < -0.3 is 4.74 Å². The number of fused-ring (bicyclic) bond motifs is 1. The zero-order valence-corrected chi connectivity index (χ0v) is 16.6. The molecule has 2 aliphatic carbocycles. The van der Waals surface area contributed by atoms with Gasteiger partial charge in [-0.1, -0.05) is 26.8 Å². The number of aromatic nitrogens is 1. The lowest BCUT2D eigenvalue weighted by molar-refractivity contribution is 0.0924. The number of methoxy groups -OCH3 is 1. The van der Waals surface area contributed by atoms with E-state index in [2.05, 4.69) is 19.1 Å². The van der Waals surface area contributed by atoms with Crippen molar-refractivity contribution in [2.45, 2.75) is 64.2 Å². The number of halogens is 1. The molecule has 0 amide bonds. The lowest BCUT2D eigenvalue weighted by atomic mass is 9.79. The van der Waals surface area contributed by atoms with E-state index < -0.39 is 4.87 Å². The standard InChI is InChI=1S/C19H22ClNO2.C2H6/c1-12-11-19(2,20)18(22)15-8-9-16(21-17(12)15)13-6-4-5-7-14(10-13)23-3;1-2/h6,8-10,12H,4-5,7,11H2,1-3H3;1-2H3. The predicted molar refractivity (Wildman–Crippen MR) is 104 cm³/mol. The predicted octanol–water partition coefficient (Wildman–Crippen LogP) is 5.89. The summed E-state index contributed by atoms with van der Waals surface area (Å²) in [5.41, 5.74) is 3.50. The molecule has 2 atom stereocenters. The van der Waals surface area contributed by atoms with Gasteiger partial charge in [-0.3, -0.25) is 9.78 Å². The summed E-state index contributed by atoms with van der Waals surface area (Å²) in [4.78, 5) is 16.5. The lowest BCUT2D eigenvalue weighted by Crippen LogP contribution is -2.36. The highest BCUT2D eigenvalue weighted by Crippen LogP contribution is 2.40. The fraction of sp³-hybridized carbons (Fsp3) is 0.524. The van der Waals surface area contributed by atoms with Gasteiger partial charge in [0.25, 0.3) is 0 Å². The zero-order chi connectivity index (χ0) is 18.6. The van der Waals surface area contributed by atoms with Gasteiger partial charge in [0.05, 0.1) is 24.3 Å². The number of carbonyl (C=O) groups is 1. The molecule has 136 valence electrons. The number of carbonyl (C=O) groups excluding carboxylic acids is 1. The molecule has 3 nitrogen and oxygen atoms in total. The van der Waals surface area contributed by atoms with Crippen LogP contribution >= 0.6 is 11.6 Å². The highest BCUT2D eigenvalue weighted by molar-refractivity contribution is 6.38. The normalized spacial score (nSPS) is 25.7. The largest absolute Gasteiger partial charge is 0.501 e. The third kappa shape index (κ3) is 4.14. The van der Waals surface area contributed by atoms with E-state index in [-0.39, 0.29) is 11.7 Å². The number of allylic oxidation sites excluding steroid dienone is 4. The Kier molecular flexibility index (Phi) is 6.45. The third-order valence-electron chi connectivity index (χ3n) is 4.67. The second kappa shape index (κ2) is 8.18. The van der Waals surface area contributed by atoms with E-state index in [9.17, 15) is 4.79 Å². The van der Waals surface area contributed by atoms with Gasteiger partial charge in [-0.25, -0.2) is 0 Å². The number of pyridine rings is 1. The molecule has 0 radical (unpaired) electrons. The van der Waals surface area contributed by atoms with Crippen molar-refractivity contribution in [1.82, 2.24) is 4.98 Å². The quantitative estimate of drug-likeness (QED) is 0.616. The van der Waals surface area contributed by atoms with Gasteiger partial charge in [-0.2, -0.15) is 0 Å². The van der Waals surface area contributed by atoms with Crippen LogP contribution in [0.3, 0.4) is 0 Å². The van der Waals surface area contributed by atoms with Crippen LogP contribution < -0.4 is 0 Å². The number of hydrogen-bond acceptors (Lipinski definition) is 3. The van der Waals surface area contributed by atoms with E-state index in [1.54, 1.807) is 14.0 Å². The Morgan fingerprint density at radius 3 is 2.72 bits per heavy atom. The zero-order valence-electron chi connectivity index (χ0n) is 15.9. The molecule has 2 unspecified atom stereocenters. The number of ketones is 1. The molecule has 0 saturated carbocycles. The summed E-state index contributed by atoms with van der Waals surface area (Å²) in [5, 5.41) is 0. The number of alkyl halides is 1. The van der Waals surface area contributed by atoms with Crippen LogP contribution in [0.25, 0.3) is 5.57 Å². The van der Waals surface area contributed by atoms with Crippen LogP contribution in [-0.2, 0) is 4.74 Å². The Balaban J connectivity index is 0.00000109. The Morgan fingerprint density at radius 2 is 2.04 bits per heavy atom. The summed E-state index contributed by atoms with van der Waals surface area (Å²) in [6.07, 6.45) is 7.90. The van der Waals surface area contributed by atoms with Crippen LogP contribution in [-0.4, -0.2) is 22.8 Å². The minimum Gasteiger partial charge on any atom is -0.501 e. The molecule has 4 heteroatoms. The van der Waals surface area contributed by atoms with Crippen molar-refractivity contribution in [1.29, 1.82) is 0 Å². The van der Waals surface area contributed by atoms with Gasteiger partial charge in [0, 0.05) is 17.9 Å². The molecule has 0 saturated heterocycles. The maximum Gasteiger partial charge on any atom is 0.185 e. The molecular weight excluding hydrogens is 334 g/mol. The summed E-state index contributed by atoms with van der Waals surface area (Å²) < 4.78 is 5.42. The van der Waals surface area contributed by atoms with Crippen molar-refractivity contribution in [2.75, 3.05) is 7.11 Å². The average Bonchev–Trinajstić information content (AvgIpc) is 2.86. The maximum atomic E-state index is 12.5. The van der Waals surface area contributed by atoms with Gasteiger partial charge in [-0.15, -0.1) is 11.6 Å². The van der Waals surface area contributed by atoms with Gasteiger partial charge in [-0.05, 0) is 50.0 Å². The van der Waals surface area contributed by atoms with Crippen molar-refractivity contribution < 1.29 is 9.53 Å². The highest BCUT2D eigenvalue weighted by atomic mass is 35.5. The molecule has 3 rings (SSSR count). The summed E-state index contributed by atoms with van der Waals surface area (Å²) in [5.74, 6) is 1.13. The smallest absolute Gasteiger partial charge is 0.185 e. The second-order valence-electron chi connectivity index (χ2n) is 6.63. The Labute approximate surface area is 156 Å². The molecule has 2 aliphatic rings. The van der Waals surface area contributed by atoms with Crippen molar-refractivity contribution >= 4 is 23.0 Å². The molecule has 0 aromatic carbocycles. The molecule has 0 spiro atoms. The van der Waals surface area contributed by atoms with Crippen LogP contribution in [0.2, 0.25) is 0 Å². The minimum atomic E-state index is -0.819. The van der Waals surface area contributed by atoms with Crippen LogP contribution in [0.5, 0.6) is 0 Å². The van der Waals surface area contributed by atoms with Crippen LogP contribution in [0, 0.1) is 0 Å². The van der Waals surface area contributed by atoms with Crippen molar-refractivity contribution in [2.24, 2.45) is 0 Å². The van der Waals surface area contributed by atoms with Crippen LogP contribution in [0.15, 0.2) is 30.0 Å². The van der Waals surface area contributed by atoms with Gasteiger partial charge >= 0.3 is 0 Å². The first-order valence-corrected chi connectivity index (χ1v) is 9.50.